The molecule has 1 amide bonds. The van der Waals surface area contributed by atoms with Crippen LogP contribution in [0.5, 0.6) is 0 Å². The van der Waals surface area contributed by atoms with Crippen LogP contribution in [0.4, 0.5) is 0 Å². The largest absolute Gasteiger partial charge is 0.456 e. The summed E-state index contributed by atoms with van der Waals surface area (Å²) in [5.41, 5.74) is 1.94. The molecule has 28 heavy (non-hydrogen) atoms. The molecule has 1 heterocycles. The highest BCUT2D eigenvalue weighted by Crippen LogP contribution is 2.20. The van der Waals surface area contributed by atoms with Crippen LogP contribution in [0, 0.1) is 5.92 Å². The van der Waals surface area contributed by atoms with Crippen LogP contribution in [0.2, 0.25) is 5.02 Å². The Morgan fingerprint density at radius 2 is 1.75 bits per heavy atom. The van der Waals surface area contributed by atoms with Gasteiger partial charge in [0, 0.05) is 17.4 Å². The monoisotopic (exact) mass is 397 g/mol. The van der Waals surface area contributed by atoms with Crippen molar-refractivity contribution in [2.75, 3.05) is 6.54 Å². The first-order chi connectivity index (χ1) is 13.6. The van der Waals surface area contributed by atoms with Gasteiger partial charge >= 0.3 is 5.97 Å². The predicted molar refractivity (Wildman–Crippen MR) is 110 cm³/mol. The zero-order valence-corrected chi connectivity index (χ0v) is 16.4. The molecule has 2 aromatic rings. The lowest BCUT2D eigenvalue weighted by atomic mass is 9.94. The number of carbonyl (C=O) groups excluding carboxylic acids is 2. The van der Waals surface area contributed by atoms with Crippen LogP contribution in [0.1, 0.15) is 36.5 Å². The number of cyclic esters (lactones) is 1. The molecule has 0 aliphatic carbocycles. The second-order valence-corrected chi connectivity index (χ2v) is 7.34. The van der Waals surface area contributed by atoms with Gasteiger partial charge in [-0.05, 0) is 42.5 Å². The minimum Gasteiger partial charge on any atom is -0.456 e. The SMILES string of the molecule is O=C1CC/C=C\C[C@@H](Cc2ccc(Cl)cc2)C(=O)NC[C@@H](c2ccccc2)O1. The Morgan fingerprint density at radius 1 is 1.00 bits per heavy atom. The molecule has 146 valence electrons. The average Bonchev–Trinajstić information content (AvgIpc) is 2.71. The third kappa shape index (κ3) is 5.96. The van der Waals surface area contributed by atoms with Gasteiger partial charge in [-0.3, -0.25) is 9.59 Å². The molecule has 1 N–H and O–H groups in total. The van der Waals surface area contributed by atoms with E-state index in [-0.39, 0.29) is 24.3 Å². The maximum atomic E-state index is 12.8. The minimum atomic E-state index is -0.489. The van der Waals surface area contributed by atoms with Crippen LogP contribution in [0.3, 0.4) is 0 Å². The molecule has 0 bridgehead atoms. The van der Waals surface area contributed by atoms with Crippen molar-refractivity contribution in [1.29, 1.82) is 0 Å². The Kier molecular flexibility index (Phi) is 7.26. The van der Waals surface area contributed by atoms with Crippen molar-refractivity contribution < 1.29 is 14.3 Å². The summed E-state index contributed by atoms with van der Waals surface area (Å²) in [7, 11) is 0. The van der Waals surface area contributed by atoms with E-state index < -0.39 is 6.10 Å². The number of hydrogen-bond donors (Lipinski definition) is 1. The van der Waals surface area contributed by atoms with Crippen molar-refractivity contribution in [1.82, 2.24) is 5.32 Å². The number of allylic oxidation sites excluding steroid dienone is 2. The number of esters is 1. The first-order valence-corrected chi connectivity index (χ1v) is 9.91. The average molecular weight is 398 g/mol. The number of hydrogen-bond acceptors (Lipinski definition) is 3. The summed E-state index contributed by atoms with van der Waals surface area (Å²) in [5, 5.41) is 3.66. The second kappa shape index (κ2) is 10.1. The van der Waals surface area contributed by atoms with Gasteiger partial charge in [-0.15, -0.1) is 0 Å². The van der Waals surface area contributed by atoms with E-state index in [9.17, 15) is 9.59 Å². The molecular formula is C23H24ClNO3. The predicted octanol–water partition coefficient (Wildman–Crippen LogP) is 4.64. The number of halogens is 1. The summed E-state index contributed by atoms with van der Waals surface area (Å²) in [6, 6.07) is 17.1. The molecular weight excluding hydrogens is 374 g/mol. The van der Waals surface area contributed by atoms with Gasteiger partial charge in [0.05, 0.1) is 6.54 Å². The van der Waals surface area contributed by atoms with Crippen LogP contribution in [0.25, 0.3) is 0 Å². The Hall–Kier alpha value is -2.59. The molecule has 3 rings (SSSR count). The minimum absolute atomic E-state index is 0.0443. The Bertz CT molecular complexity index is 818. The lowest BCUT2D eigenvalue weighted by molar-refractivity contribution is -0.150. The Morgan fingerprint density at radius 3 is 2.50 bits per heavy atom. The van der Waals surface area contributed by atoms with Crippen LogP contribution < -0.4 is 5.32 Å². The van der Waals surface area contributed by atoms with E-state index >= 15 is 0 Å². The maximum Gasteiger partial charge on any atom is 0.306 e. The van der Waals surface area contributed by atoms with Crippen LogP contribution in [0.15, 0.2) is 66.7 Å². The molecule has 5 heteroatoms. The standard InChI is InChI=1S/C23H24ClNO3/c24-20-13-11-17(12-14-20)15-19-9-5-2-6-10-22(26)28-21(16-25-23(19)27)18-7-3-1-4-8-18/h1-5,7-8,11-14,19,21H,6,9-10,15-16H2,(H,25,27)/b5-2-/t19-,21-/m0/s1. The molecule has 1 aliphatic rings. The van der Waals surface area contributed by atoms with Crippen LogP contribution in [-0.4, -0.2) is 18.4 Å². The number of rotatable bonds is 3. The molecule has 0 aromatic heterocycles. The highest BCUT2D eigenvalue weighted by molar-refractivity contribution is 6.30. The molecule has 1 aliphatic heterocycles. The van der Waals surface area contributed by atoms with Crippen molar-refractivity contribution in [3.05, 3.63) is 82.9 Å². The number of carbonyl (C=O) groups is 2. The molecule has 2 atom stereocenters. The van der Waals surface area contributed by atoms with Gasteiger partial charge in [0.2, 0.25) is 5.91 Å². The molecule has 0 radical (unpaired) electrons. The highest BCUT2D eigenvalue weighted by atomic mass is 35.5. The number of ether oxygens (including phenoxy) is 1. The normalized spacial score (nSPS) is 22.3. The fraction of sp³-hybridized carbons (Fsp3) is 0.304. The third-order valence-corrected chi connectivity index (χ3v) is 5.03. The number of benzene rings is 2. The van der Waals surface area contributed by atoms with Crippen LogP contribution in [-0.2, 0) is 20.7 Å². The summed E-state index contributed by atoms with van der Waals surface area (Å²) in [5.74, 6) is -0.493. The summed E-state index contributed by atoms with van der Waals surface area (Å²) in [6.45, 7) is 0.259. The Balaban J connectivity index is 1.75. The zero-order chi connectivity index (χ0) is 19.8. The summed E-state index contributed by atoms with van der Waals surface area (Å²) in [4.78, 5) is 25.0. The molecule has 4 nitrogen and oxygen atoms in total. The van der Waals surface area contributed by atoms with Gasteiger partial charge in [0.15, 0.2) is 0 Å². The van der Waals surface area contributed by atoms with Crippen molar-refractivity contribution in [3.63, 3.8) is 0 Å². The van der Waals surface area contributed by atoms with E-state index in [4.69, 9.17) is 16.3 Å². The third-order valence-electron chi connectivity index (χ3n) is 4.78. The van der Waals surface area contributed by atoms with Crippen molar-refractivity contribution in [2.24, 2.45) is 5.92 Å². The quantitative estimate of drug-likeness (QED) is 0.606. The molecule has 0 saturated heterocycles. The Labute approximate surface area is 170 Å². The molecule has 0 fully saturated rings. The van der Waals surface area contributed by atoms with E-state index in [2.05, 4.69) is 5.32 Å². The summed E-state index contributed by atoms with van der Waals surface area (Å²) >= 11 is 5.96. The lowest BCUT2D eigenvalue weighted by Gasteiger charge is -2.22. The smallest absolute Gasteiger partial charge is 0.306 e. The van der Waals surface area contributed by atoms with Crippen molar-refractivity contribution >= 4 is 23.5 Å². The topological polar surface area (TPSA) is 55.4 Å². The van der Waals surface area contributed by atoms with Gasteiger partial charge in [-0.25, -0.2) is 0 Å². The molecule has 0 unspecified atom stereocenters. The first-order valence-electron chi connectivity index (χ1n) is 9.53. The fourth-order valence-corrected chi connectivity index (χ4v) is 3.34. The van der Waals surface area contributed by atoms with Crippen molar-refractivity contribution in [3.8, 4) is 0 Å². The fourth-order valence-electron chi connectivity index (χ4n) is 3.22. The van der Waals surface area contributed by atoms with E-state index in [0.717, 1.165) is 11.1 Å². The molecule has 0 spiro atoms. The molecule has 2 aromatic carbocycles. The van der Waals surface area contributed by atoms with Gasteiger partial charge in [-0.2, -0.15) is 0 Å². The van der Waals surface area contributed by atoms with E-state index in [0.29, 0.717) is 30.7 Å². The second-order valence-electron chi connectivity index (χ2n) is 6.91. The lowest BCUT2D eigenvalue weighted by Crippen LogP contribution is -2.36. The number of nitrogens with one attached hydrogen (secondary N) is 1. The highest BCUT2D eigenvalue weighted by Gasteiger charge is 2.22. The summed E-state index contributed by atoms with van der Waals surface area (Å²) < 4.78 is 5.62. The maximum absolute atomic E-state index is 12.8. The van der Waals surface area contributed by atoms with Gasteiger partial charge < -0.3 is 10.1 Å². The zero-order valence-electron chi connectivity index (χ0n) is 15.6. The molecule has 0 saturated carbocycles. The van der Waals surface area contributed by atoms with Gasteiger partial charge in [-0.1, -0.05) is 66.2 Å². The first kappa shape index (κ1) is 20.2. The van der Waals surface area contributed by atoms with E-state index in [1.54, 1.807) is 0 Å². The van der Waals surface area contributed by atoms with Crippen molar-refractivity contribution in [2.45, 2.75) is 31.8 Å². The van der Waals surface area contributed by atoms with E-state index in [1.807, 2.05) is 66.7 Å². The van der Waals surface area contributed by atoms with E-state index in [1.165, 1.54) is 0 Å². The van der Waals surface area contributed by atoms with Gasteiger partial charge in [0.25, 0.3) is 0 Å². The van der Waals surface area contributed by atoms with Crippen LogP contribution >= 0.6 is 11.6 Å². The van der Waals surface area contributed by atoms with Gasteiger partial charge in [0.1, 0.15) is 6.10 Å². The summed E-state index contributed by atoms with van der Waals surface area (Å²) in [6.07, 6.45) is 5.62. The number of amides is 1.